The van der Waals surface area contributed by atoms with Crippen LogP contribution in [-0.2, 0) is 4.79 Å². The van der Waals surface area contributed by atoms with Crippen molar-refractivity contribution in [3.05, 3.63) is 0 Å². The Bertz CT molecular complexity index is 303. The number of carbonyl (C=O) groups excluding carboxylic acids is 2. The molecular formula is C8H13N4O2. The fourth-order valence-electron chi connectivity index (χ4n) is 1.15. The summed E-state index contributed by atoms with van der Waals surface area (Å²) in [6.45, 7) is 5.61. The van der Waals surface area contributed by atoms with Gasteiger partial charge in [0.05, 0.1) is 5.71 Å². The summed E-state index contributed by atoms with van der Waals surface area (Å²) in [4.78, 5) is 21.9. The zero-order valence-electron chi connectivity index (χ0n) is 8.37. The van der Waals surface area contributed by atoms with Crippen LogP contribution >= 0.6 is 0 Å². The second-order valence-corrected chi connectivity index (χ2v) is 4.10. The van der Waals surface area contributed by atoms with Crippen molar-refractivity contribution >= 4 is 17.6 Å². The van der Waals surface area contributed by atoms with Gasteiger partial charge in [-0.15, -0.1) is 0 Å². The highest BCUT2D eigenvalue weighted by Gasteiger charge is 2.36. The van der Waals surface area contributed by atoms with Crippen molar-refractivity contribution < 1.29 is 9.59 Å². The maximum absolute atomic E-state index is 11.0. The lowest BCUT2D eigenvalue weighted by Gasteiger charge is -2.28. The summed E-state index contributed by atoms with van der Waals surface area (Å²) in [5, 5.41) is 7.38. The number of hydrazone groups is 1. The molecule has 6 nitrogen and oxygen atoms in total. The molecule has 3 amide bonds. The molecule has 0 saturated carbocycles. The van der Waals surface area contributed by atoms with E-state index in [4.69, 9.17) is 5.73 Å². The highest BCUT2D eigenvalue weighted by Crippen LogP contribution is 2.20. The van der Waals surface area contributed by atoms with Crippen molar-refractivity contribution in [2.24, 2.45) is 16.3 Å². The average Bonchev–Trinajstić information content (AvgIpc) is 2.01. The van der Waals surface area contributed by atoms with Gasteiger partial charge in [-0.25, -0.2) is 15.5 Å². The lowest BCUT2D eigenvalue weighted by molar-refractivity contribution is -0.118. The van der Waals surface area contributed by atoms with Gasteiger partial charge in [-0.05, 0) is 0 Å². The van der Waals surface area contributed by atoms with Gasteiger partial charge in [0.2, 0.25) is 5.91 Å². The maximum Gasteiger partial charge on any atom is 0.357 e. The first-order valence-corrected chi connectivity index (χ1v) is 4.20. The Kier molecular flexibility index (Phi) is 2.46. The molecule has 0 fully saturated rings. The van der Waals surface area contributed by atoms with Crippen molar-refractivity contribution in [2.45, 2.75) is 26.8 Å². The third-order valence-corrected chi connectivity index (χ3v) is 1.82. The van der Waals surface area contributed by atoms with E-state index in [2.05, 4.69) is 15.8 Å². The third-order valence-electron chi connectivity index (χ3n) is 1.82. The number of urea groups is 1. The van der Waals surface area contributed by atoms with Gasteiger partial charge in [0.25, 0.3) is 0 Å². The molecule has 0 bridgehead atoms. The van der Waals surface area contributed by atoms with E-state index < -0.39 is 18.0 Å². The third kappa shape index (κ3) is 2.01. The predicted octanol–water partition coefficient (Wildman–Crippen LogP) is -0.430. The normalized spacial score (nSPS) is 22.1. The molecule has 6 heteroatoms. The lowest BCUT2D eigenvalue weighted by Crippen LogP contribution is -2.55. The van der Waals surface area contributed by atoms with Crippen LogP contribution in [0.3, 0.4) is 0 Å². The van der Waals surface area contributed by atoms with E-state index >= 15 is 0 Å². The Morgan fingerprint density at radius 2 is 2.07 bits per heavy atom. The Morgan fingerprint density at radius 3 is 2.50 bits per heavy atom. The van der Waals surface area contributed by atoms with Crippen molar-refractivity contribution in [1.82, 2.24) is 10.7 Å². The smallest absolute Gasteiger partial charge is 0.357 e. The summed E-state index contributed by atoms with van der Waals surface area (Å²) >= 11 is 0. The summed E-state index contributed by atoms with van der Waals surface area (Å²) in [5.41, 5.74) is 7.45. The number of nitrogens with zero attached hydrogens (tertiary/aromatic N) is 2. The molecule has 0 spiro atoms. The average molecular weight is 197 g/mol. The van der Waals surface area contributed by atoms with Crippen LogP contribution in [0.25, 0.3) is 0 Å². The molecule has 1 aliphatic rings. The number of nitrogens with one attached hydrogen (secondary N) is 1. The highest BCUT2D eigenvalue weighted by atomic mass is 16.2. The molecule has 0 aromatic carbocycles. The van der Waals surface area contributed by atoms with Gasteiger partial charge in [0, 0.05) is 5.41 Å². The van der Waals surface area contributed by atoms with Gasteiger partial charge in [-0.1, -0.05) is 20.8 Å². The molecule has 14 heavy (non-hydrogen) atoms. The van der Waals surface area contributed by atoms with Crippen LogP contribution in [0.1, 0.15) is 20.8 Å². The molecule has 0 aliphatic carbocycles. The van der Waals surface area contributed by atoms with Crippen molar-refractivity contribution in [1.29, 1.82) is 0 Å². The zero-order valence-corrected chi connectivity index (χ0v) is 8.37. The molecule has 77 valence electrons. The van der Waals surface area contributed by atoms with E-state index in [0.717, 1.165) is 0 Å². The van der Waals surface area contributed by atoms with E-state index in [0.29, 0.717) is 5.71 Å². The van der Waals surface area contributed by atoms with Crippen LogP contribution in [0.5, 0.6) is 0 Å². The van der Waals surface area contributed by atoms with Crippen LogP contribution in [0.2, 0.25) is 0 Å². The van der Waals surface area contributed by atoms with Crippen LogP contribution in [-0.4, -0.2) is 23.7 Å². The molecule has 1 aliphatic heterocycles. The first kappa shape index (κ1) is 10.5. The van der Waals surface area contributed by atoms with E-state index in [1.54, 1.807) is 0 Å². The lowest BCUT2D eigenvalue weighted by atomic mass is 9.85. The Labute approximate surface area is 81.9 Å². The van der Waals surface area contributed by atoms with E-state index in [1.807, 2.05) is 20.8 Å². The quantitative estimate of drug-likeness (QED) is 0.596. The van der Waals surface area contributed by atoms with Gasteiger partial charge in [-0.2, -0.15) is 5.10 Å². The SMILES string of the molecule is CC(C)(C)C1=NNC(=O)[N]C1C(N)=O. The summed E-state index contributed by atoms with van der Waals surface area (Å²) in [7, 11) is 0. The molecule has 1 rings (SSSR count). The Morgan fingerprint density at radius 1 is 1.50 bits per heavy atom. The van der Waals surface area contributed by atoms with Gasteiger partial charge in [-0.3, -0.25) is 4.79 Å². The standard InChI is InChI=1S/C8H13N4O2/c1-8(2,3)5-4(6(9)13)10-7(14)12-11-5/h4H,1-3H3,(H2,9,13)(H,12,14). The fourth-order valence-corrected chi connectivity index (χ4v) is 1.15. The molecule has 0 saturated heterocycles. The summed E-state index contributed by atoms with van der Waals surface area (Å²) < 4.78 is 0. The second kappa shape index (κ2) is 3.28. The minimum absolute atomic E-state index is 0.350. The molecule has 1 atom stereocenters. The number of amides is 3. The van der Waals surface area contributed by atoms with Crippen LogP contribution in [0, 0.1) is 5.41 Å². The zero-order chi connectivity index (χ0) is 10.9. The van der Waals surface area contributed by atoms with Crippen LogP contribution in [0.4, 0.5) is 4.79 Å². The van der Waals surface area contributed by atoms with Crippen molar-refractivity contribution in [3.63, 3.8) is 0 Å². The van der Waals surface area contributed by atoms with Crippen LogP contribution in [0.15, 0.2) is 5.10 Å². The molecule has 1 heterocycles. The van der Waals surface area contributed by atoms with E-state index in [1.165, 1.54) is 0 Å². The van der Waals surface area contributed by atoms with Gasteiger partial charge in [0.15, 0.2) is 6.04 Å². The second-order valence-electron chi connectivity index (χ2n) is 4.10. The van der Waals surface area contributed by atoms with Gasteiger partial charge in [0.1, 0.15) is 0 Å². The first-order chi connectivity index (χ1) is 6.32. The fraction of sp³-hybridized carbons (Fsp3) is 0.625. The largest absolute Gasteiger partial charge is 0.367 e. The topological polar surface area (TPSA) is 98.7 Å². The minimum atomic E-state index is -0.941. The molecule has 1 radical (unpaired) electrons. The molecular weight excluding hydrogens is 184 g/mol. The predicted molar refractivity (Wildman–Crippen MR) is 50.5 cm³/mol. The molecule has 0 aromatic heterocycles. The molecule has 3 N–H and O–H groups in total. The van der Waals surface area contributed by atoms with Gasteiger partial charge < -0.3 is 5.73 Å². The summed E-state index contributed by atoms with van der Waals surface area (Å²) in [6.07, 6.45) is 0. The van der Waals surface area contributed by atoms with Gasteiger partial charge >= 0.3 is 6.03 Å². The van der Waals surface area contributed by atoms with Crippen molar-refractivity contribution in [3.8, 4) is 0 Å². The van der Waals surface area contributed by atoms with Crippen LogP contribution < -0.4 is 16.5 Å². The summed E-state index contributed by atoms with van der Waals surface area (Å²) in [5.74, 6) is -0.659. The van der Waals surface area contributed by atoms with E-state index in [-0.39, 0.29) is 5.41 Å². The number of hydrogen-bond donors (Lipinski definition) is 2. The number of nitrogens with two attached hydrogens (primary N) is 1. The summed E-state index contributed by atoms with van der Waals surface area (Å²) in [6, 6.07) is -1.58. The molecule has 1 unspecified atom stereocenters. The number of carbonyl (C=O) groups is 2. The minimum Gasteiger partial charge on any atom is -0.367 e. The monoisotopic (exact) mass is 197 g/mol. The van der Waals surface area contributed by atoms with E-state index in [9.17, 15) is 9.59 Å². The Balaban J connectivity index is 3.01. The Hall–Kier alpha value is -1.59. The van der Waals surface area contributed by atoms with Crippen molar-refractivity contribution in [2.75, 3.05) is 0 Å². The number of primary amides is 1. The molecule has 0 aromatic rings. The number of rotatable bonds is 1. The highest BCUT2D eigenvalue weighted by molar-refractivity contribution is 6.13. The number of hydrogen-bond acceptors (Lipinski definition) is 3. The first-order valence-electron chi connectivity index (χ1n) is 4.20. The maximum atomic E-state index is 11.0.